The van der Waals surface area contributed by atoms with E-state index in [-0.39, 0.29) is 6.61 Å². The first-order valence-electron chi connectivity index (χ1n) is 4.87. The lowest BCUT2D eigenvalue weighted by Gasteiger charge is -2.25. The maximum Gasteiger partial charge on any atom is 0.147 e. The third-order valence-electron chi connectivity index (χ3n) is 2.11. The lowest BCUT2D eigenvalue weighted by Crippen LogP contribution is -2.31. The number of nitrogens with zero attached hydrogens (tertiary/aromatic N) is 3. The third kappa shape index (κ3) is 2.42. The highest BCUT2D eigenvalue weighted by Crippen LogP contribution is 2.11. The van der Waals surface area contributed by atoms with Gasteiger partial charge in [-0.05, 0) is 20.8 Å². The highest BCUT2D eigenvalue weighted by Gasteiger charge is 2.09. The van der Waals surface area contributed by atoms with Gasteiger partial charge in [0.2, 0.25) is 0 Å². The molecule has 4 heteroatoms. The standard InChI is InChI=1S/C10H17N3O/c1-4-13(8(2)3)10-6-11-9(7-14)5-12-10/h5-6,8,14H,4,7H2,1-3H3. The van der Waals surface area contributed by atoms with Crippen molar-refractivity contribution in [2.75, 3.05) is 11.4 Å². The molecule has 0 aromatic carbocycles. The summed E-state index contributed by atoms with van der Waals surface area (Å²) in [5, 5.41) is 8.82. The van der Waals surface area contributed by atoms with Crippen LogP contribution in [-0.4, -0.2) is 27.7 Å². The van der Waals surface area contributed by atoms with E-state index in [0.717, 1.165) is 12.4 Å². The summed E-state index contributed by atoms with van der Waals surface area (Å²) >= 11 is 0. The average Bonchev–Trinajstić information content (AvgIpc) is 2.19. The number of aliphatic hydroxyl groups excluding tert-OH is 1. The Bertz CT molecular complexity index is 271. The van der Waals surface area contributed by atoms with Crippen molar-refractivity contribution >= 4 is 5.82 Å². The van der Waals surface area contributed by atoms with Gasteiger partial charge in [0.25, 0.3) is 0 Å². The summed E-state index contributed by atoms with van der Waals surface area (Å²) in [6.45, 7) is 7.17. The average molecular weight is 195 g/mol. The van der Waals surface area contributed by atoms with Gasteiger partial charge >= 0.3 is 0 Å². The van der Waals surface area contributed by atoms with Crippen LogP contribution < -0.4 is 4.90 Å². The molecule has 0 amide bonds. The van der Waals surface area contributed by atoms with E-state index >= 15 is 0 Å². The van der Waals surface area contributed by atoms with Gasteiger partial charge < -0.3 is 10.0 Å². The predicted octanol–water partition coefficient (Wildman–Crippen LogP) is 1.20. The van der Waals surface area contributed by atoms with E-state index in [0.29, 0.717) is 11.7 Å². The molecule has 0 fully saturated rings. The summed E-state index contributed by atoms with van der Waals surface area (Å²) in [5.41, 5.74) is 0.605. The molecule has 78 valence electrons. The van der Waals surface area contributed by atoms with E-state index in [2.05, 4.69) is 35.6 Å². The summed E-state index contributed by atoms with van der Waals surface area (Å²) < 4.78 is 0. The molecule has 1 rings (SSSR count). The first kappa shape index (κ1) is 10.9. The van der Waals surface area contributed by atoms with E-state index in [4.69, 9.17) is 5.11 Å². The van der Waals surface area contributed by atoms with Crippen LogP contribution in [0, 0.1) is 0 Å². The van der Waals surface area contributed by atoms with Gasteiger partial charge in [0, 0.05) is 12.6 Å². The zero-order valence-corrected chi connectivity index (χ0v) is 8.94. The van der Waals surface area contributed by atoms with Crippen molar-refractivity contribution in [3.8, 4) is 0 Å². The van der Waals surface area contributed by atoms with E-state index in [1.165, 1.54) is 0 Å². The Hall–Kier alpha value is -1.16. The topological polar surface area (TPSA) is 49.2 Å². The Labute approximate surface area is 84.6 Å². The smallest absolute Gasteiger partial charge is 0.147 e. The highest BCUT2D eigenvalue weighted by atomic mass is 16.3. The molecule has 4 nitrogen and oxygen atoms in total. The number of aliphatic hydroxyl groups is 1. The lowest BCUT2D eigenvalue weighted by molar-refractivity contribution is 0.276. The van der Waals surface area contributed by atoms with Crippen molar-refractivity contribution in [1.82, 2.24) is 9.97 Å². The number of anilines is 1. The predicted molar refractivity (Wildman–Crippen MR) is 56.1 cm³/mol. The zero-order chi connectivity index (χ0) is 10.6. The molecule has 0 spiro atoms. The fourth-order valence-corrected chi connectivity index (χ4v) is 1.37. The van der Waals surface area contributed by atoms with Crippen LogP contribution in [0.5, 0.6) is 0 Å². The summed E-state index contributed by atoms with van der Waals surface area (Å²) in [5.74, 6) is 0.861. The van der Waals surface area contributed by atoms with Crippen LogP contribution in [0.25, 0.3) is 0 Å². The van der Waals surface area contributed by atoms with Crippen molar-refractivity contribution in [2.24, 2.45) is 0 Å². The minimum Gasteiger partial charge on any atom is -0.390 e. The summed E-state index contributed by atoms with van der Waals surface area (Å²) in [6, 6.07) is 0.411. The Balaban J connectivity index is 2.84. The van der Waals surface area contributed by atoms with Crippen LogP contribution in [0.15, 0.2) is 12.4 Å². The highest BCUT2D eigenvalue weighted by molar-refractivity contribution is 5.36. The molecule has 1 aromatic heterocycles. The second kappa shape index (κ2) is 4.91. The Morgan fingerprint density at radius 3 is 2.43 bits per heavy atom. The Morgan fingerprint density at radius 1 is 1.36 bits per heavy atom. The van der Waals surface area contributed by atoms with E-state index in [1.54, 1.807) is 12.4 Å². The Kier molecular flexibility index (Phi) is 3.83. The summed E-state index contributed by atoms with van der Waals surface area (Å²) in [4.78, 5) is 10.5. The number of hydrogen-bond acceptors (Lipinski definition) is 4. The maximum atomic E-state index is 8.82. The number of rotatable bonds is 4. The zero-order valence-electron chi connectivity index (χ0n) is 8.94. The molecule has 1 heterocycles. The fraction of sp³-hybridized carbons (Fsp3) is 0.600. The van der Waals surface area contributed by atoms with Gasteiger partial charge in [0.05, 0.1) is 24.7 Å². The maximum absolute atomic E-state index is 8.82. The number of hydrogen-bond donors (Lipinski definition) is 1. The molecule has 1 aromatic rings. The van der Waals surface area contributed by atoms with Crippen LogP contribution in [0.3, 0.4) is 0 Å². The summed E-state index contributed by atoms with van der Waals surface area (Å²) in [6.07, 6.45) is 3.31. The van der Waals surface area contributed by atoms with Crippen molar-refractivity contribution in [1.29, 1.82) is 0 Å². The molecular weight excluding hydrogens is 178 g/mol. The molecule has 14 heavy (non-hydrogen) atoms. The first-order valence-corrected chi connectivity index (χ1v) is 4.87. The van der Waals surface area contributed by atoms with Crippen LogP contribution in [0.2, 0.25) is 0 Å². The fourth-order valence-electron chi connectivity index (χ4n) is 1.37. The van der Waals surface area contributed by atoms with Crippen molar-refractivity contribution in [2.45, 2.75) is 33.4 Å². The number of aromatic nitrogens is 2. The second-order valence-electron chi connectivity index (χ2n) is 3.40. The minimum absolute atomic E-state index is 0.0545. The monoisotopic (exact) mass is 195 g/mol. The van der Waals surface area contributed by atoms with Crippen molar-refractivity contribution < 1.29 is 5.11 Å². The molecule has 0 aliphatic heterocycles. The van der Waals surface area contributed by atoms with Gasteiger partial charge in [0.15, 0.2) is 0 Å². The van der Waals surface area contributed by atoms with Crippen LogP contribution >= 0.6 is 0 Å². The minimum atomic E-state index is -0.0545. The molecular formula is C10H17N3O. The molecule has 0 bridgehead atoms. The van der Waals surface area contributed by atoms with Crippen LogP contribution in [0.1, 0.15) is 26.5 Å². The molecule has 1 N–H and O–H groups in total. The molecule has 0 saturated carbocycles. The summed E-state index contributed by atoms with van der Waals surface area (Å²) in [7, 11) is 0. The third-order valence-corrected chi connectivity index (χ3v) is 2.11. The Morgan fingerprint density at radius 2 is 2.07 bits per heavy atom. The van der Waals surface area contributed by atoms with Crippen LogP contribution in [0.4, 0.5) is 5.82 Å². The lowest BCUT2D eigenvalue weighted by atomic mass is 10.3. The largest absolute Gasteiger partial charge is 0.390 e. The van der Waals surface area contributed by atoms with E-state index < -0.39 is 0 Å². The van der Waals surface area contributed by atoms with Gasteiger partial charge in [-0.2, -0.15) is 0 Å². The normalized spacial score (nSPS) is 10.6. The van der Waals surface area contributed by atoms with Crippen molar-refractivity contribution in [3.63, 3.8) is 0 Å². The van der Waals surface area contributed by atoms with E-state index in [1.807, 2.05) is 0 Å². The SMILES string of the molecule is CCN(c1cnc(CO)cn1)C(C)C. The van der Waals surface area contributed by atoms with Gasteiger partial charge in [-0.25, -0.2) is 4.98 Å². The van der Waals surface area contributed by atoms with Gasteiger partial charge in [-0.15, -0.1) is 0 Å². The van der Waals surface area contributed by atoms with Crippen LogP contribution in [-0.2, 0) is 6.61 Å². The molecule has 0 unspecified atom stereocenters. The second-order valence-corrected chi connectivity index (χ2v) is 3.40. The molecule has 0 saturated heterocycles. The quantitative estimate of drug-likeness (QED) is 0.784. The molecule has 0 radical (unpaired) electrons. The molecule has 0 aliphatic carbocycles. The van der Waals surface area contributed by atoms with Crippen molar-refractivity contribution in [3.05, 3.63) is 18.1 Å². The first-order chi connectivity index (χ1) is 6.69. The van der Waals surface area contributed by atoms with E-state index in [9.17, 15) is 0 Å². The molecule has 0 atom stereocenters. The molecule has 0 aliphatic rings. The van der Waals surface area contributed by atoms with Gasteiger partial charge in [-0.1, -0.05) is 0 Å². The van der Waals surface area contributed by atoms with Gasteiger partial charge in [-0.3, -0.25) is 4.98 Å². The van der Waals surface area contributed by atoms with Gasteiger partial charge in [0.1, 0.15) is 5.82 Å².